The fourth-order valence-electron chi connectivity index (χ4n) is 3.27. The van der Waals surface area contributed by atoms with Crippen molar-refractivity contribution >= 4 is 5.97 Å². The first-order valence-electron chi connectivity index (χ1n) is 10.3. The summed E-state index contributed by atoms with van der Waals surface area (Å²) in [7, 11) is 0. The second kappa shape index (κ2) is 9.83. The zero-order valence-electron chi connectivity index (χ0n) is 17.6. The Morgan fingerprint density at radius 2 is 1.56 bits per heavy atom. The van der Waals surface area contributed by atoms with Crippen LogP contribution >= 0.6 is 0 Å². The molecule has 0 amide bonds. The first-order valence-corrected chi connectivity index (χ1v) is 10.3. The summed E-state index contributed by atoms with van der Waals surface area (Å²) in [6.07, 6.45) is -0.466. The summed E-state index contributed by atoms with van der Waals surface area (Å²) in [6, 6.07) is 25.5. The average molecular weight is 429 g/mol. The topological polar surface area (TPSA) is 81.8 Å². The van der Waals surface area contributed by atoms with Crippen molar-refractivity contribution in [3.8, 4) is 23.0 Å². The van der Waals surface area contributed by atoms with E-state index in [1.807, 2.05) is 43.3 Å². The van der Waals surface area contributed by atoms with Crippen LogP contribution in [0.25, 0.3) is 11.5 Å². The second-order valence-corrected chi connectivity index (χ2v) is 7.20. The maximum atomic E-state index is 11.6. The molecule has 1 aromatic heterocycles. The fraction of sp³-hybridized carbons (Fsp3) is 0.154. The van der Waals surface area contributed by atoms with Crippen LogP contribution in [-0.2, 0) is 11.2 Å². The van der Waals surface area contributed by atoms with Crippen LogP contribution in [0.4, 0.5) is 0 Å². The maximum Gasteiger partial charge on any atom is 0.349 e. The number of oxazole rings is 1. The maximum absolute atomic E-state index is 11.6. The van der Waals surface area contributed by atoms with Gasteiger partial charge in [-0.1, -0.05) is 48.5 Å². The normalized spacial score (nSPS) is 11.7. The summed E-state index contributed by atoms with van der Waals surface area (Å²) in [5, 5.41) is 9.50. The van der Waals surface area contributed by atoms with E-state index in [2.05, 4.69) is 4.98 Å². The van der Waals surface area contributed by atoms with Crippen molar-refractivity contribution in [1.82, 2.24) is 4.98 Å². The summed E-state index contributed by atoms with van der Waals surface area (Å²) < 4.78 is 17.3. The molecule has 0 fully saturated rings. The van der Waals surface area contributed by atoms with E-state index >= 15 is 0 Å². The number of aliphatic carboxylic acids is 1. The lowest BCUT2D eigenvalue weighted by atomic mass is 10.1. The van der Waals surface area contributed by atoms with Crippen molar-refractivity contribution in [1.29, 1.82) is 0 Å². The summed E-state index contributed by atoms with van der Waals surface area (Å²) in [5.74, 6) is 1.44. The molecule has 4 aromatic rings. The molecule has 0 radical (unpaired) electrons. The molecule has 162 valence electrons. The minimum absolute atomic E-state index is 0.434. The van der Waals surface area contributed by atoms with Crippen molar-refractivity contribution in [2.24, 2.45) is 0 Å². The summed E-state index contributed by atoms with van der Waals surface area (Å²) in [4.78, 5) is 16.2. The molecule has 0 saturated carbocycles. The monoisotopic (exact) mass is 429 g/mol. The highest BCUT2D eigenvalue weighted by atomic mass is 16.5. The molecule has 6 heteroatoms. The number of carboxylic acids is 1. The molecule has 0 bridgehead atoms. The second-order valence-electron chi connectivity index (χ2n) is 7.20. The van der Waals surface area contributed by atoms with Gasteiger partial charge in [-0.05, 0) is 43.3 Å². The van der Waals surface area contributed by atoms with Crippen molar-refractivity contribution in [3.63, 3.8) is 0 Å². The van der Waals surface area contributed by atoms with Crippen LogP contribution in [0.3, 0.4) is 0 Å². The fourth-order valence-corrected chi connectivity index (χ4v) is 3.27. The zero-order valence-corrected chi connectivity index (χ0v) is 17.6. The number of aromatic nitrogens is 1. The largest absolute Gasteiger partial charge is 0.493 e. The minimum atomic E-state index is -1.07. The number of carbonyl (C=O) groups is 1. The highest BCUT2D eigenvalue weighted by Crippen LogP contribution is 2.25. The molecule has 1 N–H and O–H groups in total. The van der Waals surface area contributed by atoms with E-state index in [4.69, 9.17) is 13.9 Å². The van der Waals surface area contributed by atoms with Crippen LogP contribution in [0, 0.1) is 6.92 Å². The van der Waals surface area contributed by atoms with Crippen molar-refractivity contribution in [3.05, 3.63) is 102 Å². The van der Waals surface area contributed by atoms with E-state index in [-0.39, 0.29) is 0 Å². The van der Waals surface area contributed by atoms with Gasteiger partial charge in [0.15, 0.2) is 0 Å². The molecule has 0 aliphatic rings. The summed E-state index contributed by atoms with van der Waals surface area (Å²) in [5.41, 5.74) is 2.38. The van der Waals surface area contributed by atoms with Crippen LogP contribution in [0.2, 0.25) is 0 Å². The van der Waals surface area contributed by atoms with Gasteiger partial charge in [0, 0.05) is 17.5 Å². The van der Waals surface area contributed by atoms with E-state index in [0.29, 0.717) is 36.0 Å². The lowest BCUT2D eigenvalue weighted by Gasteiger charge is -2.15. The summed E-state index contributed by atoms with van der Waals surface area (Å²) in [6.45, 7) is 2.33. The Labute approximate surface area is 186 Å². The van der Waals surface area contributed by atoms with Gasteiger partial charge in [-0.25, -0.2) is 9.78 Å². The zero-order chi connectivity index (χ0) is 22.3. The lowest BCUT2D eigenvalue weighted by molar-refractivity contribution is -0.145. The molecule has 0 saturated heterocycles. The van der Waals surface area contributed by atoms with Crippen molar-refractivity contribution in [2.45, 2.75) is 19.4 Å². The highest BCUT2D eigenvalue weighted by Gasteiger charge is 2.21. The Bertz CT molecular complexity index is 1150. The van der Waals surface area contributed by atoms with E-state index in [1.165, 1.54) is 0 Å². The van der Waals surface area contributed by atoms with E-state index in [1.54, 1.807) is 48.5 Å². The van der Waals surface area contributed by atoms with E-state index in [0.717, 1.165) is 17.0 Å². The molecular weight excluding hydrogens is 406 g/mol. The molecule has 1 heterocycles. The van der Waals surface area contributed by atoms with Crippen molar-refractivity contribution < 1.29 is 23.8 Å². The lowest BCUT2D eigenvalue weighted by Crippen LogP contribution is -2.18. The molecule has 3 aromatic carbocycles. The van der Waals surface area contributed by atoms with Gasteiger partial charge in [-0.15, -0.1) is 0 Å². The van der Waals surface area contributed by atoms with Gasteiger partial charge in [-0.3, -0.25) is 0 Å². The van der Waals surface area contributed by atoms with Crippen LogP contribution in [0.1, 0.15) is 23.1 Å². The number of hydrogen-bond acceptors (Lipinski definition) is 5. The van der Waals surface area contributed by atoms with Gasteiger partial charge in [0.05, 0.1) is 12.3 Å². The Kier molecular flexibility index (Phi) is 6.51. The number of hydrogen-bond donors (Lipinski definition) is 1. The number of nitrogens with zero attached hydrogens (tertiary/aromatic N) is 1. The third kappa shape index (κ3) is 5.16. The van der Waals surface area contributed by atoms with Gasteiger partial charge in [0.2, 0.25) is 12.0 Å². The first kappa shape index (κ1) is 21.2. The molecular formula is C26H23NO5. The first-order chi connectivity index (χ1) is 15.6. The van der Waals surface area contributed by atoms with E-state index in [9.17, 15) is 9.90 Å². The van der Waals surface area contributed by atoms with Gasteiger partial charge in [0.1, 0.15) is 17.3 Å². The highest BCUT2D eigenvalue weighted by molar-refractivity contribution is 5.74. The third-order valence-electron chi connectivity index (χ3n) is 4.93. The number of ether oxygens (including phenoxy) is 2. The molecule has 0 aliphatic heterocycles. The predicted octanol–water partition coefficient (Wildman–Crippen LogP) is 5.48. The predicted molar refractivity (Wildman–Crippen MR) is 120 cm³/mol. The molecule has 0 spiro atoms. The molecule has 0 aliphatic carbocycles. The Balaban J connectivity index is 1.34. The molecule has 4 rings (SSSR count). The summed E-state index contributed by atoms with van der Waals surface area (Å²) >= 11 is 0. The Morgan fingerprint density at radius 3 is 2.22 bits per heavy atom. The molecule has 1 atom stereocenters. The number of carboxylic acid groups (broad SMARTS) is 1. The van der Waals surface area contributed by atoms with Crippen molar-refractivity contribution in [2.75, 3.05) is 6.61 Å². The van der Waals surface area contributed by atoms with E-state index < -0.39 is 12.1 Å². The minimum Gasteiger partial charge on any atom is -0.493 e. The SMILES string of the molecule is Cc1oc(-c2ccccc2)nc1CCOc1ccc(OC(C(=O)O)c2ccccc2)cc1. The van der Waals surface area contributed by atoms with Crippen LogP contribution < -0.4 is 9.47 Å². The molecule has 6 nitrogen and oxygen atoms in total. The number of benzene rings is 3. The number of rotatable bonds is 9. The quantitative estimate of drug-likeness (QED) is 0.380. The van der Waals surface area contributed by atoms with Gasteiger partial charge in [0.25, 0.3) is 0 Å². The van der Waals surface area contributed by atoms with Crippen LogP contribution in [0.5, 0.6) is 11.5 Å². The number of aryl methyl sites for hydroxylation is 1. The Morgan fingerprint density at radius 1 is 0.938 bits per heavy atom. The Hall–Kier alpha value is -4.06. The smallest absolute Gasteiger partial charge is 0.349 e. The van der Waals surface area contributed by atoms with Gasteiger partial charge in [-0.2, -0.15) is 0 Å². The van der Waals surface area contributed by atoms with Gasteiger partial charge >= 0.3 is 5.97 Å². The van der Waals surface area contributed by atoms with Gasteiger partial charge < -0.3 is 19.0 Å². The van der Waals surface area contributed by atoms with Crippen LogP contribution in [-0.4, -0.2) is 22.7 Å². The molecule has 1 unspecified atom stereocenters. The molecule has 32 heavy (non-hydrogen) atoms. The standard InChI is InChI=1S/C26H23NO5/c1-18-23(27-25(31-18)20-10-6-3-7-11-20)16-17-30-21-12-14-22(15-13-21)32-24(26(28)29)19-8-4-2-5-9-19/h2-15,24H,16-17H2,1H3,(H,28,29). The van der Waals surface area contributed by atoms with Crippen LogP contribution in [0.15, 0.2) is 89.3 Å². The average Bonchev–Trinajstić information content (AvgIpc) is 3.20. The third-order valence-corrected chi connectivity index (χ3v) is 4.93.